The van der Waals surface area contributed by atoms with E-state index in [1.807, 2.05) is 0 Å². The van der Waals surface area contributed by atoms with Gasteiger partial charge >= 0.3 is 0 Å². The summed E-state index contributed by atoms with van der Waals surface area (Å²) in [5.74, 6) is 0.0609. The highest BCUT2D eigenvalue weighted by atomic mass is 32.2. The van der Waals surface area contributed by atoms with Gasteiger partial charge in [-0.15, -0.1) is 0 Å². The molecule has 0 bridgehead atoms. The van der Waals surface area contributed by atoms with Crippen molar-refractivity contribution in [1.29, 1.82) is 5.41 Å². The van der Waals surface area contributed by atoms with Gasteiger partial charge in [-0.2, -0.15) is 13.5 Å². The van der Waals surface area contributed by atoms with Gasteiger partial charge in [-0.05, 0) is 23.8 Å². The first-order chi connectivity index (χ1) is 8.97. The Labute approximate surface area is 110 Å². The predicted octanol–water partition coefficient (Wildman–Crippen LogP) is 0.689. The Balaban J connectivity index is 2.14. The molecular weight excluding hydrogens is 266 g/mol. The van der Waals surface area contributed by atoms with Gasteiger partial charge in [0.15, 0.2) is 5.03 Å². The molecule has 0 aliphatic carbocycles. The first-order valence-electron chi connectivity index (χ1n) is 5.41. The number of aromatic amines is 1. The van der Waals surface area contributed by atoms with Crippen LogP contribution in [0.5, 0.6) is 0 Å². The number of sulfonamides is 1. The summed E-state index contributed by atoms with van der Waals surface area (Å²) in [7, 11) is -3.64. The zero-order valence-electron chi connectivity index (χ0n) is 9.92. The third-order valence-corrected chi connectivity index (χ3v) is 3.68. The fourth-order valence-corrected chi connectivity index (χ4v) is 2.48. The molecule has 0 amide bonds. The standard InChI is InChI=1S/C11H13N5O2S/c12-10(13)7-8-1-3-9(4-2-8)16-19(17,18)11-5-6-14-15-11/h1-6,16H,7H2,(H3,12,13)(H,14,15). The number of hydrogen-bond donors (Lipinski definition) is 4. The minimum absolute atomic E-state index is 0.000289. The predicted molar refractivity (Wildman–Crippen MR) is 71.5 cm³/mol. The quantitative estimate of drug-likeness (QED) is 0.474. The molecule has 0 unspecified atom stereocenters. The number of rotatable bonds is 5. The topological polar surface area (TPSA) is 125 Å². The van der Waals surface area contributed by atoms with Crippen molar-refractivity contribution in [3.05, 3.63) is 42.1 Å². The Hall–Kier alpha value is -2.35. The van der Waals surface area contributed by atoms with Gasteiger partial charge in [0.25, 0.3) is 10.0 Å². The van der Waals surface area contributed by atoms with Crippen molar-refractivity contribution < 1.29 is 8.42 Å². The fraction of sp³-hybridized carbons (Fsp3) is 0.0909. The molecule has 1 heterocycles. The lowest BCUT2D eigenvalue weighted by molar-refractivity contribution is 0.597. The summed E-state index contributed by atoms with van der Waals surface area (Å²) in [6, 6.07) is 8.03. The molecule has 2 rings (SSSR count). The smallest absolute Gasteiger partial charge is 0.278 e. The molecule has 7 nitrogen and oxygen atoms in total. The Bertz CT molecular complexity index is 662. The maximum Gasteiger partial charge on any atom is 0.278 e. The van der Waals surface area contributed by atoms with Crippen LogP contribution in [0.15, 0.2) is 41.6 Å². The van der Waals surface area contributed by atoms with Gasteiger partial charge in [0.2, 0.25) is 0 Å². The van der Waals surface area contributed by atoms with Gasteiger partial charge in [-0.25, -0.2) is 0 Å². The lowest BCUT2D eigenvalue weighted by atomic mass is 10.1. The van der Waals surface area contributed by atoms with Gasteiger partial charge in [-0.3, -0.25) is 15.2 Å². The second-order valence-electron chi connectivity index (χ2n) is 3.93. The Morgan fingerprint density at radius 3 is 2.53 bits per heavy atom. The first kappa shape index (κ1) is 13.1. The number of nitrogens with one attached hydrogen (secondary N) is 3. The first-order valence-corrected chi connectivity index (χ1v) is 6.90. The van der Waals surface area contributed by atoms with Crippen LogP contribution in [0, 0.1) is 5.41 Å². The van der Waals surface area contributed by atoms with Gasteiger partial charge in [0.1, 0.15) is 0 Å². The monoisotopic (exact) mass is 279 g/mol. The van der Waals surface area contributed by atoms with E-state index >= 15 is 0 Å². The van der Waals surface area contributed by atoms with Crippen LogP contribution >= 0.6 is 0 Å². The molecule has 0 radical (unpaired) electrons. The van der Waals surface area contributed by atoms with E-state index in [2.05, 4.69) is 14.9 Å². The lowest BCUT2D eigenvalue weighted by Crippen LogP contribution is -2.14. The van der Waals surface area contributed by atoms with Crippen LogP contribution in [0.25, 0.3) is 0 Å². The number of H-pyrrole nitrogens is 1. The molecule has 8 heteroatoms. The number of nitrogens with zero attached hydrogens (tertiary/aromatic N) is 1. The molecule has 0 spiro atoms. The Kier molecular flexibility index (Phi) is 3.52. The summed E-state index contributed by atoms with van der Waals surface area (Å²) in [6.45, 7) is 0. The van der Waals surface area contributed by atoms with Crippen molar-refractivity contribution in [3.63, 3.8) is 0 Å². The molecule has 19 heavy (non-hydrogen) atoms. The van der Waals surface area contributed by atoms with E-state index in [0.717, 1.165) is 5.56 Å². The van der Waals surface area contributed by atoms with Crippen molar-refractivity contribution in [2.24, 2.45) is 5.73 Å². The maximum absolute atomic E-state index is 11.9. The van der Waals surface area contributed by atoms with Crippen LogP contribution in [-0.4, -0.2) is 24.5 Å². The molecule has 0 fully saturated rings. The molecule has 0 atom stereocenters. The summed E-state index contributed by atoms with van der Waals surface area (Å²) in [4.78, 5) is 0. The SMILES string of the molecule is N=C(N)Cc1ccc(NS(=O)(=O)c2ccn[nH]2)cc1. The maximum atomic E-state index is 11.9. The van der Waals surface area contributed by atoms with Crippen LogP contribution in [0.4, 0.5) is 5.69 Å². The highest BCUT2D eigenvalue weighted by Gasteiger charge is 2.15. The Morgan fingerprint density at radius 1 is 1.32 bits per heavy atom. The van der Waals surface area contributed by atoms with Crippen molar-refractivity contribution in [1.82, 2.24) is 10.2 Å². The van der Waals surface area contributed by atoms with Crippen LogP contribution in [-0.2, 0) is 16.4 Å². The van der Waals surface area contributed by atoms with Gasteiger partial charge < -0.3 is 5.73 Å². The van der Waals surface area contributed by atoms with E-state index in [1.54, 1.807) is 24.3 Å². The van der Waals surface area contributed by atoms with E-state index in [1.165, 1.54) is 12.3 Å². The van der Waals surface area contributed by atoms with Crippen molar-refractivity contribution in [2.45, 2.75) is 11.4 Å². The molecule has 0 saturated heterocycles. The number of benzene rings is 1. The number of aromatic nitrogens is 2. The third kappa shape index (κ3) is 3.32. The normalized spacial score (nSPS) is 11.2. The van der Waals surface area contributed by atoms with Crippen molar-refractivity contribution in [3.8, 4) is 0 Å². The molecular formula is C11H13N5O2S. The molecule has 100 valence electrons. The molecule has 0 saturated carbocycles. The van der Waals surface area contributed by atoms with Crippen molar-refractivity contribution in [2.75, 3.05) is 4.72 Å². The minimum Gasteiger partial charge on any atom is -0.387 e. The van der Waals surface area contributed by atoms with E-state index in [9.17, 15) is 8.42 Å². The van der Waals surface area contributed by atoms with E-state index in [0.29, 0.717) is 12.1 Å². The zero-order valence-corrected chi connectivity index (χ0v) is 10.7. The zero-order chi connectivity index (χ0) is 13.9. The summed E-state index contributed by atoms with van der Waals surface area (Å²) in [5.41, 5.74) is 6.57. The third-order valence-electron chi connectivity index (χ3n) is 2.37. The molecule has 2 aromatic rings. The van der Waals surface area contributed by atoms with Gasteiger partial charge in [-0.1, -0.05) is 12.1 Å². The average Bonchev–Trinajstić information content (AvgIpc) is 2.85. The molecule has 5 N–H and O–H groups in total. The number of hydrogen-bond acceptors (Lipinski definition) is 4. The number of nitrogens with two attached hydrogens (primary N) is 1. The van der Waals surface area contributed by atoms with E-state index in [-0.39, 0.29) is 10.9 Å². The second-order valence-corrected chi connectivity index (χ2v) is 5.58. The number of amidine groups is 1. The van der Waals surface area contributed by atoms with Gasteiger partial charge in [0.05, 0.1) is 12.0 Å². The van der Waals surface area contributed by atoms with Crippen LogP contribution in [0.1, 0.15) is 5.56 Å². The lowest BCUT2D eigenvalue weighted by Gasteiger charge is -2.07. The molecule has 1 aromatic heterocycles. The highest BCUT2D eigenvalue weighted by Crippen LogP contribution is 2.15. The summed E-state index contributed by atoms with van der Waals surface area (Å²) in [5, 5.41) is 13.2. The molecule has 0 aliphatic rings. The largest absolute Gasteiger partial charge is 0.387 e. The van der Waals surface area contributed by atoms with Crippen LogP contribution in [0.2, 0.25) is 0 Å². The average molecular weight is 279 g/mol. The van der Waals surface area contributed by atoms with Crippen LogP contribution < -0.4 is 10.5 Å². The molecule has 1 aromatic carbocycles. The van der Waals surface area contributed by atoms with E-state index < -0.39 is 10.0 Å². The summed E-state index contributed by atoms with van der Waals surface area (Å²) >= 11 is 0. The van der Waals surface area contributed by atoms with Gasteiger partial charge in [0, 0.05) is 12.1 Å². The van der Waals surface area contributed by atoms with E-state index in [4.69, 9.17) is 11.1 Å². The highest BCUT2D eigenvalue weighted by molar-refractivity contribution is 7.92. The minimum atomic E-state index is -3.64. The Morgan fingerprint density at radius 2 is 2.00 bits per heavy atom. The summed E-state index contributed by atoms with van der Waals surface area (Å²) < 4.78 is 26.2. The molecule has 0 aliphatic heterocycles. The number of anilines is 1. The fourth-order valence-electron chi connectivity index (χ4n) is 1.51. The van der Waals surface area contributed by atoms with Crippen LogP contribution in [0.3, 0.4) is 0 Å². The summed E-state index contributed by atoms with van der Waals surface area (Å²) in [6.07, 6.45) is 1.71. The van der Waals surface area contributed by atoms with Crippen molar-refractivity contribution >= 4 is 21.5 Å². The second kappa shape index (κ2) is 5.11.